The number of hydrogen-bond acceptors (Lipinski definition) is 6. The molecule has 6 nitrogen and oxygen atoms in total. The quantitative estimate of drug-likeness (QED) is 0.546. The molecule has 0 aliphatic heterocycles. The Balaban J connectivity index is 2.09. The SMILES string of the molecule is Cc1nc(Cl)c(C=O)c(Sc2nnc3ccccn23)n1. The van der Waals surface area contributed by atoms with E-state index in [4.69, 9.17) is 11.6 Å². The second-order valence-corrected chi connectivity index (χ2v) is 5.23. The van der Waals surface area contributed by atoms with E-state index in [-0.39, 0.29) is 10.7 Å². The molecule has 3 aromatic heterocycles. The molecule has 20 heavy (non-hydrogen) atoms. The summed E-state index contributed by atoms with van der Waals surface area (Å²) in [7, 11) is 0. The summed E-state index contributed by atoms with van der Waals surface area (Å²) in [5.41, 5.74) is 0.981. The lowest BCUT2D eigenvalue weighted by molar-refractivity contribution is 0.112. The summed E-state index contributed by atoms with van der Waals surface area (Å²) in [5.74, 6) is 0.497. The molecule has 3 rings (SSSR count). The van der Waals surface area contributed by atoms with Crippen molar-refractivity contribution in [3.63, 3.8) is 0 Å². The molecule has 0 aliphatic carbocycles. The van der Waals surface area contributed by atoms with E-state index in [1.165, 1.54) is 11.8 Å². The maximum Gasteiger partial charge on any atom is 0.201 e. The first-order chi connectivity index (χ1) is 9.69. The highest BCUT2D eigenvalue weighted by molar-refractivity contribution is 7.99. The van der Waals surface area contributed by atoms with Crippen molar-refractivity contribution in [3.8, 4) is 0 Å². The monoisotopic (exact) mass is 305 g/mol. The van der Waals surface area contributed by atoms with Crippen molar-refractivity contribution in [3.05, 3.63) is 40.9 Å². The Labute approximate surface area is 123 Å². The molecule has 0 amide bonds. The molecule has 0 bridgehead atoms. The van der Waals surface area contributed by atoms with E-state index in [0.29, 0.717) is 22.3 Å². The first kappa shape index (κ1) is 13.0. The summed E-state index contributed by atoms with van der Waals surface area (Å²) in [6, 6.07) is 5.59. The zero-order chi connectivity index (χ0) is 14.1. The van der Waals surface area contributed by atoms with Gasteiger partial charge in [0, 0.05) is 6.20 Å². The number of pyridine rings is 1. The minimum Gasteiger partial charge on any atom is -0.298 e. The smallest absolute Gasteiger partial charge is 0.201 e. The molecule has 0 unspecified atom stereocenters. The van der Waals surface area contributed by atoms with E-state index < -0.39 is 0 Å². The van der Waals surface area contributed by atoms with Crippen LogP contribution in [0.4, 0.5) is 0 Å². The van der Waals surface area contributed by atoms with Crippen LogP contribution in [0.15, 0.2) is 34.6 Å². The minimum atomic E-state index is 0.142. The third-order valence-electron chi connectivity index (χ3n) is 2.56. The van der Waals surface area contributed by atoms with Crippen molar-refractivity contribution in [2.45, 2.75) is 17.1 Å². The topological polar surface area (TPSA) is 73.0 Å². The van der Waals surface area contributed by atoms with Gasteiger partial charge in [-0.25, -0.2) is 9.97 Å². The van der Waals surface area contributed by atoms with Crippen LogP contribution in [0.1, 0.15) is 16.2 Å². The van der Waals surface area contributed by atoms with Gasteiger partial charge in [0.05, 0.1) is 5.56 Å². The summed E-state index contributed by atoms with van der Waals surface area (Å²) in [4.78, 5) is 19.3. The van der Waals surface area contributed by atoms with Gasteiger partial charge in [0.25, 0.3) is 0 Å². The van der Waals surface area contributed by atoms with Gasteiger partial charge < -0.3 is 0 Å². The molecular weight excluding hydrogens is 298 g/mol. The molecule has 0 radical (unpaired) electrons. The Morgan fingerprint density at radius 2 is 2.15 bits per heavy atom. The van der Waals surface area contributed by atoms with Crippen molar-refractivity contribution < 1.29 is 4.79 Å². The number of aromatic nitrogens is 5. The molecule has 0 saturated carbocycles. The van der Waals surface area contributed by atoms with E-state index in [2.05, 4.69) is 20.2 Å². The van der Waals surface area contributed by atoms with E-state index >= 15 is 0 Å². The van der Waals surface area contributed by atoms with Crippen molar-refractivity contribution in [2.75, 3.05) is 0 Å². The van der Waals surface area contributed by atoms with Crippen molar-refractivity contribution in [1.82, 2.24) is 24.6 Å². The molecule has 3 aromatic rings. The van der Waals surface area contributed by atoms with Gasteiger partial charge in [0.1, 0.15) is 16.0 Å². The molecule has 0 N–H and O–H groups in total. The first-order valence-electron chi connectivity index (χ1n) is 5.66. The van der Waals surface area contributed by atoms with Crippen LogP contribution in [0.2, 0.25) is 5.15 Å². The zero-order valence-electron chi connectivity index (χ0n) is 10.3. The molecule has 0 aromatic carbocycles. The highest BCUT2D eigenvalue weighted by atomic mass is 35.5. The summed E-state index contributed by atoms with van der Waals surface area (Å²) in [5, 5.41) is 9.34. The Morgan fingerprint density at radius 1 is 1.30 bits per heavy atom. The van der Waals surface area contributed by atoms with E-state index in [0.717, 1.165) is 5.65 Å². The van der Waals surface area contributed by atoms with E-state index in [1.54, 1.807) is 6.92 Å². The molecule has 0 fully saturated rings. The van der Waals surface area contributed by atoms with Crippen LogP contribution < -0.4 is 0 Å². The van der Waals surface area contributed by atoms with Gasteiger partial charge >= 0.3 is 0 Å². The number of nitrogens with zero attached hydrogens (tertiary/aromatic N) is 5. The Kier molecular flexibility index (Phi) is 3.37. The fourth-order valence-corrected chi connectivity index (χ4v) is 2.93. The highest BCUT2D eigenvalue weighted by Crippen LogP contribution is 2.29. The third kappa shape index (κ3) is 2.25. The van der Waals surface area contributed by atoms with Crippen LogP contribution in [0.3, 0.4) is 0 Å². The molecule has 0 spiro atoms. The average molecular weight is 306 g/mol. The lowest BCUT2D eigenvalue weighted by atomic mass is 10.4. The van der Waals surface area contributed by atoms with Crippen LogP contribution in [0.5, 0.6) is 0 Å². The molecule has 0 saturated heterocycles. The number of rotatable bonds is 3. The summed E-state index contributed by atoms with van der Waals surface area (Å²) < 4.78 is 1.81. The number of aryl methyl sites for hydroxylation is 1. The Bertz CT molecular complexity index is 804. The highest BCUT2D eigenvalue weighted by Gasteiger charge is 2.15. The van der Waals surface area contributed by atoms with Crippen molar-refractivity contribution in [1.29, 1.82) is 0 Å². The van der Waals surface area contributed by atoms with Crippen LogP contribution in [0, 0.1) is 6.92 Å². The maximum absolute atomic E-state index is 11.1. The number of fused-ring (bicyclic) bond motifs is 1. The zero-order valence-corrected chi connectivity index (χ0v) is 11.9. The van der Waals surface area contributed by atoms with Crippen LogP contribution >= 0.6 is 23.4 Å². The van der Waals surface area contributed by atoms with Crippen molar-refractivity contribution in [2.24, 2.45) is 0 Å². The average Bonchev–Trinajstić information content (AvgIpc) is 2.82. The maximum atomic E-state index is 11.1. The Morgan fingerprint density at radius 3 is 2.95 bits per heavy atom. The van der Waals surface area contributed by atoms with Crippen LogP contribution in [-0.2, 0) is 0 Å². The number of aldehydes is 1. The normalized spacial score (nSPS) is 10.9. The molecule has 8 heteroatoms. The van der Waals surface area contributed by atoms with Gasteiger partial charge in [0.2, 0.25) is 5.16 Å². The first-order valence-corrected chi connectivity index (χ1v) is 6.85. The molecule has 100 valence electrons. The van der Waals surface area contributed by atoms with Crippen molar-refractivity contribution >= 4 is 35.3 Å². The number of halogens is 1. The standard InChI is InChI=1S/C12H8ClN5OS/c1-7-14-10(13)8(6-19)11(15-7)20-12-17-16-9-4-2-3-5-18(9)12/h2-6H,1H3. The second kappa shape index (κ2) is 5.18. The lowest BCUT2D eigenvalue weighted by Crippen LogP contribution is -1.99. The third-order valence-corrected chi connectivity index (χ3v) is 3.82. The fourth-order valence-electron chi connectivity index (χ4n) is 1.68. The van der Waals surface area contributed by atoms with Crippen LogP contribution in [-0.4, -0.2) is 30.9 Å². The van der Waals surface area contributed by atoms with Gasteiger partial charge in [-0.05, 0) is 30.8 Å². The molecule has 0 aliphatic rings. The number of carbonyl (C=O) groups is 1. The number of hydrogen-bond donors (Lipinski definition) is 0. The largest absolute Gasteiger partial charge is 0.298 e. The lowest BCUT2D eigenvalue weighted by Gasteiger charge is -2.04. The van der Waals surface area contributed by atoms with Gasteiger partial charge in [-0.1, -0.05) is 17.7 Å². The fraction of sp³-hybridized carbons (Fsp3) is 0.0833. The predicted molar refractivity (Wildman–Crippen MR) is 74.3 cm³/mol. The summed E-state index contributed by atoms with van der Waals surface area (Å²) in [6.07, 6.45) is 2.49. The van der Waals surface area contributed by atoms with Crippen LogP contribution in [0.25, 0.3) is 5.65 Å². The predicted octanol–water partition coefficient (Wildman–Crippen LogP) is 2.44. The minimum absolute atomic E-state index is 0.142. The molecular formula is C12H8ClN5OS. The molecule has 3 heterocycles. The van der Waals surface area contributed by atoms with E-state index in [9.17, 15) is 4.79 Å². The second-order valence-electron chi connectivity index (χ2n) is 3.91. The summed E-state index contributed by atoms with van der Waals surface area (Å²) >= 11 is 7.18. The van der Waals surface area contributed by atoms with Gasteiger partial charge in [0.15, 0.2) is 11.9 Å². The molecule has 0 atom stereocenters. The van der Waals surface area contributed by atoms with Gasteiger partial charge in [-0.15, -0.1) is 10.2 Å². The number of carbonyl (C=O) groups excluding carboxylic acids is 1. The Hall–Kier alpha value is -1.99. The summed E-state index contributed by atoms with van der Waals surface area (Å²) in [6.45, 7) is 1.71. The van der Waals surface area contributed by atoms with Gasteiger partial charge in [-0.2, -0.15) is 0 Å². The van der Waals surface area contributed by atoms with E-state index in [1.807, 2.05) is 28.8 Å². The van der Waals surface area contributed by atoms with Gasteiger partial charge in [-0.3, -0.25) is 9.20 Å².